The van der Waals surface area contributed by atoms with Gasteiger partial charge in [0.25, 0.3) is 5.91 Å². The van der Waals surface area contributed by atoms with Crippen LogP contribution in [-0.2, 0) is 11.3 Å². The number of aryl methyl sites for hydroxylation is 1. The van der Waals surface area contributed by atoms with Gasteiger partial charge in [0.05, 0.1) is 24.0 Å². The molecular formula is C17H22N4O3. The second-order valence-electron chi connectivity index (χ2n) is 6.68. The molecule has 0 bridgehead atoms. The van der Waals surface area contributed by atoms with Crippen molar-refractivity contribution in [2.24, 2.45) is 5.92 Å². The summed E-state index contributed by atoms with van der Waals surface area (Å²) in [5.74, 6) is 0.983. The van der Waals surface area contributed by atoms with E-state index in [2.05, 4.69) is 10.1 Å². The van der Waals surface area contributed by atoms with E-state index >= 15 is 0 Å². The highest BCUT2D eigenvalue weighted by molar-refractivity contribution is 5.92. The maximum atomic E-state index is 12.7. The maximum Gasteiger partial charge on any atom is 0.291 e. The SMILES string of the molecule is Cc1ncoc1C(=O)N1Cc2ccnn2C(CCOCC2CC2)C1. The number of carbonyl (C=O) groups excluding carboxylic acids is 1. The molecule has 1 atom stereocenters. The quantitative estimate of drug-likeness (QED) is 0.759. The van der Waals surface area contributed by atoms with Crippen LogP contribution < -0.4 is 0 Å². The molecule has 2 aromatic rings. The molecule has 1 unspecified atom stereocenters. The molecule has 1 aliphatic carbocycles. The van der Waals surface area contributed by atoms with Crippen LogP contribution in [0.4, 0.5) is 0 Å². The molecule has 2 aliphatic rings. The summed E-state index contributed by atoms with van der Waals surface area (Å²) < 4.78 is 13.1. The van der Waals surface area contributed by atoms with Gasteiger partial charge in [-0.1, -0.05) is 0 Å². The van der Waals surface area contributed by atoms with Crippen molar-refractivity contribution in [1.29, 1.82) is 0 Å². The minimum Gasteiger partial charge on any atom is -0.438 e. The number of amides is 1. The summed E-state index contributed by atoms with van der Waals surface area (Å²) >= 11 is 0. The predicted molar refractivity (Wildman–Crippen MR) is 85.4 cm³/mol. The van der Waals surface area contributed by atoms with Crippen molar-refractivity contribution in [2.45, 2.75) is 38.8 Å². The molecule has 3 heterocycles. The molecule has 4 rings (SSSR count). The van der Waals surface area contributed by atoms with Gasteiger partial charge in [0.2, 0.25) is 5.76 Å². The van der Waals surface area contributed by atoms with Crippen LogP contribution in [0.5, 0.6) is 0 Å². The average Bonchev–Trinajstić information content (AvgIpc) is 3.10. The topological polar surface area (TPSA) is 73.4 Å². The van der Waals surface area contributed by atoms with Crippen LogP contribution in [0.3, 0.4) is 0 Å². The molecule has 128 valence electrons. The van der Waals surface area contributed by atoms with Crippen LogP contribution in [0.15, 0.2) is 23.1 Å². The van der Waals surface area contributed by atoms with E-state index in [0.717, 1.165) is 24.6 Å². The molecule has 0 saturated heterocycles. The smallest absolute Gasteiger partial charge is 0.291 e. The number of nitrogens with zero attached hydrogens (tertiary/aromatic N) is 4. The first-order chi connectivity index (χ1) is 11.7. The fourth-order valence-corrected chi connectivity index (χ4v) is 3.16. The molecule has 1 amide bonds. The number of oxazole rings is 1. The lowest BCUT2D eigenvalue weighted by Crippen LogP contribution is -2.41. The maximum absolute atomic E-state index is 12.7. The molecule has 0 N–H and O–H groups in total. The normalized spacial score (nSPS) is 20.2. The zero-order chi connectivity index (χ0) is 16.5. The van der Waals surface area contributed by atoms with Crippen LogP contribution in [-0.4, -0.2) is 45.3 Å². The van der Waals surface area contributed by atoms with Crippen molar-refractivity contribution in [1.82, 2.24) is 19.7 Å². The molecule has 7 heteroatoms. The lowest BCUT2D eigenvalue weighted by atomic mass is 10.1. The lowest BCUT2D eigenvalue weighted by Gasteiger charge is -2.33. The molecule has 0 spiro atoms. The molecule has 1 fully saturated rings. The third kappa shape index (κ3) is 3.08. The highest BCUT2D eigenvalue weighted by Gasteiger charge is 2.31. The summed E-state index contributed by atoms with van der Waals surface area (Å²) in [5, 5.41) is 4.43. The number of hydrogen-bond donors (Lipinski definition) is 0. The van der Waals surface area contributed by atoms with E-state index in [4.69, 9.17) is 9.15 Å². The van der Waals surface area contributed by atoms with E-state index in [9.17, 15) is 4.79 Å². The fourth-order valence-electron chi connectivity index (χ4n) is 3.16. The Kier molecular flexibility index (Phi) is 4.10. The van der Waals surface area contributed by atoms with Crippen molar-refractivity contribution in [3.63, 3.8) is 0 Å². The van der Waals surface area contributed by atoms with Crippen LogP contribution in [0.1, 0.15) is 47.2 Å². The van der Waals surface area contributed by atoms with E-state index in [1.165, 1.54) is 19.2 Å². The standard InChI is InChI=1S/C17H22N4O3/c1-12-16(24-11-18-12)17(22)20-8-14-4-6-19-21(14)15(9-20)5-7-23-10-13-2-3-13/h4,6,11,13,15H,2-3,5,7-10H2,1H3. The Morgan fingerprint density at radius 3 is 3.08 bits per heavy atom. The summed E-state index contributed by atoms with van der Waals surface area (Å²) in [7, 11) is 0. The van der Waals surface area contributed by atoms with Gasteiger partial charge in [-0.3, -0.25) is 9.48 Å². The monoisotopic (exact) mass is 330 g/mol. The van der Waals surface area contributed by atoms with Crippen molar-refractivity contribution in [2.75, 3.05) is 19.8 Å². The largest absolute Gasteiger partial charge is 0.438 e. The predicted octanol–water partition coefficient (Wildman–Crippen LogP) is 2.19. The summed E-state index contributed by atoms with van der Waals surface area (Å²) in [5.41, 5.74) is 1.67. The van der Waals surface area contributed by atoms with Gasteiger partial charge in [0.1, 0.15) is 0 Å². The van der Waals surface area contributed by atoms with Gasteiger partial charge in [-0.15, -0.1) is 0 Å². The van der Waals surface area contributed by atoms with Crippen LogP contribution >= 0.6 is 0 Å². The Hall–Kier alpha value is -2.15. The third-order valence-corrected chi connectivity index (χ3v) is 4.75. The highest BCUT2D eigenvalue weighted by Crippen LogP contribution is 2.29. The van der Waals surface area contributed by atoms with Gasteiger partial charge < -0.3 is 14.1 Å². The van der Waals surface area contributed by atoms with E-state index in [0.29, 0.717) is 31.2 Å². The zero-order valence-electron chi connectivity index (χ0n) is 13.9. The Bertz CT molecular complexity index is 719. The fraction of sp³-hybridized carbons (Fsp3) is 0.588. The second-order valence-corrected chi connectivity index (χ2v) is 6.68. The minimum atomic E-state index is -0.110. The van der Waals surface area contributed by atoms with Crippen LogP contribution in [0.25, 0.3) is 0 Å². The van der Waals surface area contributed by atoms with Crippen LogP contribution in [0, 0.1) is 12.8 Å². The molecule has 1 aliphatic heterocycles. The molecule has 24 heavy (non-hydrogen) atoms. The molecule has 1 saturated carbocycles. The summed E-state index contributed by atoms with van der Waals surface area (Å²) in [6.07, 6.45) is 6.55. The van der Waals surface area contributed by atoms with Gasteiger partial charge in [-0.2, -0.15) is 5.10 Å². The van der Waals surface area contributed by atoms with Gasteiger partial charge in [-0.05, 0) is 38.2 Å². The summed E-state index contributed by atoms with van der Waals surface area (Å²) in [6, 6.07) is 2.10. The lowest BCUT2D eigenvalue weighted by molar-refractivity contribution is 0.0581. The first kappa shape index (κ1) is 15.4. The Morgan fingerprint density at radius 1 is 1.46 bits per heavy atom. The molecular weight excluding hydrogens is 308 g/mol. The number of hydrogen-bond acceptors (Lipinski definition) is 5. The van der Waals surface area contributed by atoms with Crippen molar-refractivity contribution < 1.29 is 13.9 Å². The number of fused-ring (bicyclic) bond motifs is 1. The number of carbonyl (C=O) groups is 1. The first-order valence-electron chi connectivity index (χ1n) is 8.52. The van der Waals surface area contributed by atoms with Gasteiger partial charge in [0.15, 0.2) is 6.39 Å². The van der Waals surface area contributed by atoms with E-state index in [1.807, 2.05) is 15.6 Å². The average molecular weight is 330 g/mol. The molecule has 2 aromatic heterocycles. The van der Waals surface area contributed by atoms with Gasteiger partial charge in [0, 0.05) is 26.0 Å². The summed E-state index contributed by atoms with van der Waals surface area (Å²) in [4.78, 5) is 18.6. The zero-order valence-corrected chi connectivity index (χ0v) is 13.9. The second kappa shape index (κ2) is 6.39. The Labute approximate surface area is 140 Å². The van der Waals surface area contributed by atoms with Crippen molar-refractivity contribution in [3.8, 4) is 0 Å². The summed E-state index contributed by atoms with van der Waals surface area (Å²) in [6.45, 7) is 4.50. The third-order valence-electron chi connectivity index (χ3n) is 4.75. The van der Waals surface area contributed by atoms with E-state index < -0.39 is 0 Å². The molecule has 7 nitrogen and oxygen atoms in total. The van der Waals surface area contributed by atoms with E-state index in [1.54, 1.807) is 13.1 Å². The van der Waals surface area contributed by atoms with Crippen LogP contribution in [0.2, 0.25) is 0 Å². The van der Waals surface area contributed by atoms with Gasteiger partial charge in [-0.25, -0.2) is 4.98 Å². The van der Waals surface area contributed by atoms with Crippen molar-refractivity contribution >= 4 is 5.91 Å². The highest BCUT2D eigenvalue weighted by atomic mass is 16.5. The Balaban J connectivity index is 1.44. The number of rotatable bonds is 6. The first-order valence-corrected chi connectivity index (χ1v) is 8.52. The molecule has 0 radical (unpaired) electrons. The van der Waals surface area contributed by atoms with Gasteiger partial charge >= 0.3 is 0 Å². The Morgan fingerprint density at radius 2 is 2.33 bits per heavy atom. The van der Waals surface area contributed by atoms with Crippen molar-refractivity contribution in [3.05, 3.63) is 35.8 Å². The molecule has 0 aromatic carbocycles. The minimum absolute atomic E-state index is 0.110. The number of ether oxygens (including phenoxy) is 1. The van der Waals surface area contributed by atoms with E-state index in [-0.39, 0.29) is 11.9 Å². The number of aromatic nitrogens is 3.